The van der Waals surface area contributed by atoms with E-state index in [2.05, 4.69) is 51.7 Å². The van der Waals surface area contributed by atoms with Gasteiger partial charge in [0.15, 0.2) is 0 Å². The average Bonchev–Trinajstić information content (AvgIpc) is 2.84. The maximum absolute atomic E-state index is 12.4. The first-order chi connectivity index (χ1) is 9.83. The van der Waals surface area contributed by atoms with E-state index in [1.165, 1.54) is 5.57 Å². The standard InChI is InChI=1S/C19H26OS/c1-14-5-7-16(8-6-14)18(20)12-15-11-17(21-13-15)9-10-19(2,3)4/h5,11,15-16H,6-8,12-13H2,1-4H3/t15?,16-/m0/s1. The largest absolute Gasteiger partial charge is 0.299 e. The van der Waals surface area contributed by atoms with Crippen molar-refractivity contribution in [2.45, 2.75) is 53.4 Å². The first-order valence-corrected chi connectivity index (χ1v) is 8.88. The molecule has 1 unspecified atom stereocenters. The molecule has 0 saturated carbocycles. The van der Waals surface area contributed by atoms with Crippen LogP contribution in [0.5, 0.6) is 0 Å². The Hall–Kier alpha value is -0.940. The zero-order chi connectivity index (χ0) is 15.5. The second kappa shape index (κ2) is 6.88. The van der Waals surface area contributed by atoms with Gasteiger partial charge < -0.3 is 0 Å². The van der Waals surface area contributed by atoms with Crippen LogP contribution in [0, 0.1) is 29.1 Å². The molecule has 2 atom stereocenters. The lowest BCUT2D eigenvalue weighted by Crippen LogP contribution is -2.19. The Morgan fingerprint density at radius 3 is 2.81 bits per heavy atom. The Morgan fingerprint density at radius 2 is 2.19 bits per heavy atom. The van der Waals surface area contributed by atoms with Crippen LogP contribution >= 0.6 is 11.8 Å². The van der Waals surface area contributed by atoms with Gasteiger partial charge >= 0.3 is 0 Å². The fraction of sp³-hybridized carbons (Fsp3) is 0.632. The van der Waals surface area contributed by atoms with Gasteiger partial charge in [-0.05, 0) is 52.9 Å². The number of ketones is 1. The Labute approximate surface area is 133 Å². The maximum Gasteiger partial charge on any atom is 0.136 e. The number of allylic oxidation sites excluding steroid dienone is 4. The fourth-order valence-corrected chi connectivity index (χ4v) is 3.65. The van der Waals surface area contributed by atoms with Gasteiger partial charge in [-0.2, -0.15) is 0 Å². The molecule has 2 heteroatoms. The van der Waals surface area contributed by atoms with Crippen LogP contribution in [0.25, 0.3) is 0 Å². The van der Waals surface area contributed by atoms with E-state index in [9.17, 15) is 4.79 Å². The van der Waals surface area contributed by atoms with Gasteiger partial charge in [-0.1, -0.05) is 29.6 Å². The summed E-state index contributed by atoms with van der Waals surface area (Å²) in [5.74, 6) is 8.65. The van der Waals surface area contributed by atoms with E-state index in [1.54, 1.807) is 11.8 Å². The van der Waals surface area contributed by atoms with Crippen molar-refractivity contribution < 1.29 is 4.79 Å². The Kier molecular flexibility index (Phi) is 5.38. The minimum absolute atomic E-state index is 0.0433. The van der Waals surface area contributed by atoms with Crippen molar-refractivity contribution in [2.24, 2.45) is 17.3 Å². The lowest BCUT2D eigenvalue weighted by Gasteiger charge is -2.20. The number of hydrogen-bond donors (Lipinski definition) is 0. The monoisotopic (exact) mass is 302 g/mol. The van der Waals surface area contributed by atoms with Crippen LogP contribution in [0.1, 0.15) is 53.4 Å². The second-order valence-corrected chi connectivity index (χ2v) is 8.36. The number of thioether (sulfide) groups is 1. The molecule has 2 aliphatic rings. The number of rotatable bonds is 3. The van der Waals surface area contributed by atoms with E-state index in [1.807, 2.05) is 0 Å². The van der Waals surface area contributed by atoms with Crippen LogP contribution in [0.4, 0.5) is 0 Å². The van der Waals surface area contributed by atoms with E-state index < -0.39 is 0 Å². The molecule has 114 valence electrons. The minimum atomic E-state index is 0.0433. The summed E-state index contributed by atoms with van der Waals surface area (Å²) in [4.78, 5) is 13.5. The topological polar surface area (TPSA) is 17.1 Å². The third kappa shape index (κ3) is 5.40. The summed E-state index contributed by atoms with van der Waals surface area (Å²) in [7, 11) is 0. The number of hydrogen-bond acceptors (Lipinski definition) is 2. The average molecular weight is 302 g/mol. The fourth-order valence-electron chi connectivity index (χ4n) is 2.63. The van der Waals surface area contributed by atoms with Crippen molar-refractivity contribution in [2.75, 3.05) is 5.75 Å². The maximum atomic E-state index is 12.4. The lowest BCUT2D eigenvalue weighted by molar-refractivity contribution is -0.123. The summed E-state index contributed by atoms with van der Waals surface area (Å²) in [6.07, 6.45) is 8.24. The van der Waals surface area contributed by atoms with Crippen molar-refractivity contribution >= 4 is 17.5 Å². The van der Waals surface area contributed by atoms with Crippen molar-refractivity contribution in [1.82, 2.24) is 0 Å². The molecular weight excluding hydrogens is 276 g/mol. The summed E-state index contributed by atoms with van der Waals surface area (Å²) >= 11 is 1.80. The molecular formula is C19H26OS. The van der Waals surface area contributed by atoms with Crippen LogP contribution in [-0.2, 0) is 4.79 Å². The van der Waals surface area contributed by atoms with Crippen LogP contribution in [0.3, 0.4) is 0 Å². The van der Waals surface area contributed by atoms with Crippen molar-refractivity contribution in [3.8, 4) is 11.8 Å². The molecule has 0 bridgehead atoms. The van der Waals surface area contributed by atoms with Crippen molar-refractivity contribution in [3.63, 3.8) is 0 Å². The predicted octanol–water partition coefficient (Wildman–Crippen LogP) is 4.99. The van der Waals surface area contributed by atoms with Gasteiger partial charge in [0, 0.05) is 23.5 Å². The van der Waals surface area contributed by atoms with Crippen LogP contribution in [0.2, 0.25) is 0 Å². The zero-order valence-electron chi connectivity index (χ0n) is 13.7. The highest BCUT2D eigenvalue weighted by molar-refractivity contribution is 8.03. The SMILES string of the molecule is CC1=CC[C@H](C(=O)CC2C=C(C#CC(C)(C)C)SC2)CC1. The molecule has 21 heavy (non-hydrogen) atoms. The summed E-state index contributed by atoms with van der Waals surface area (Å²) in [6.45, 7) is 8.54. The van der Waals surface area contributed by atoms with Gasteiger partial charge in [0.25, 0.3) is 0 Å². The summed E-state index contributed by atoms with van der Waals surface area (Å²) < 4.78 is 0. The molecule has 0 aromatic carbocycles. The summed E-state index contributed by atoms with van der Waals surface area (Å²) in [5, 5.41) is 0. The molecule has 0 radical (unpaired) electrons. The quantitative estimate of drug-likeness (QED) is 0.540. The van der Waals surface area contributed by atoms with Crippen LogP contribution in [-0.4, -0.2) is 11.5 Å². The molecule has 0 amide bonds. The van der Waals surface area contributed by atoms with E-state index in [4.69, 9.17) is 0 Å². The molecule has 2 rings (SSSR count). The summed E-state index contributed by atoms with van der Waals surface area (Å²) in [5.41, 5.74) is 1.48. The molecule has 0 fully saturated rings. The number of carbonyl (C=O) groups excluding carboxylic acids is 1. The number of carbonyl (C=O) groups is 1. The molecule has 0 spiro atoms. The van der Waals surface area contributed by atoms with Gasteiger partial charge in [-0.3, -0.25) is 4.79 Å². The minimum Gasteiger partial charge on any atom is -0.299 e. The van der Waals surface area contributed by atoms with Crippen molar-refractivity contribution in [1.29, 1.82) is 0 Å². The molecule has 1 heterocycles. The highest BCUT2D eigenvalue weighted by atomic mass is 32.2. The molecule has 0 aromatic heterocycles. The Morgan fingerprint density at radius 1 is 1.43 bits per heavy atom. The highest BCUT2D eigenvalue weighted by Crippen LogP contribution is 2.33. The zero-order valence-corrected chi connectivity index (χ0v) is 14.5. The van der Waals surface area contributed by atoms with Gasteiger partial charge in [-0.25, -0.2) is 0 Å². The molecule has 0 N–H and O–H groups in total. The molecule has 1 nitrogen and oxygen atoms in total. The van der Waals surface area contributed by atoms with Gasteiger partial charge in [0.05, 0.1) is 4.91 Å². The van der Waals surface area contributed by atoms with E-state index >= 15 is 0 Å². The smallest absolute Gasteiger partial charge is 0.136 e. The van der Waals surface area contributed by atoms with E-state index in [0.717, 1.165) is 29.9 Å². The molecule has 1 aliphatic carbocycles. The van der Waals surface area contributed by atoms with Crippen LogP contribution < -0.4 is 0 Å². The first-order valence-electron chi connectivity index (χ1n) is 7.89. The highest BCUT2D eigenvalue weighted by Gasteiger charge is 2.25. The molecule has 1 aliphatic heterocycles. The Bertz CT molecular complexity index is 522. The number of Topliss-reactive ketones (excluding diaryl/α,β-unsaturated/α-hetero) is 1. The Balaban J connectivity index is 1.88. The van der Waals surface area contributed by atoms with Crippen molar-refractivity contribution in [3.05, 3.63) is 22.6 Å². The van der Waals surface area contributed by atoms with E-state index in [0.29, 0.717) is 18.1 Å². The molecule has 0 saturated heterocycles. The third-order valence-corrected chi connectivity index (χ3v) is 5.10. The normalized spacial score (nSPS) is 25.7. The third-order valence-electron chi connectivity index (χ3n) is 3.96. The lowest BCUT2D eigenvalue weighted by atomic mass is 9.84. The predicted molar refractivity (Wildman–Crippen MR) is 92.0 cm³/mol. The van der Waals surface area contributed by atoms with Gasteiger partial charge in [0.2, 0.25) is 0 Å². The van der Waals surface area contributed by atoms with Crippen LogP contribution in [0.15, 0.2) is 22.6 Å². The second-order valence-electron chi connectivity index (χ2n) is 7.29. The molecule has 0 aromatic rings. The first kappa shape index (κ1) is 16.4. The van der Waals surface area contributed by atoms with Gasteiger partial charge in [-0.15, -0.1) is 11.8 Å². The summed E-state index contributed by atoms with van der Waals surface area (Å²) in [6, 6.07) is 0. The van der Waals surface area contributed by atoms with Gasteiger partial charge in [0.1, 0.15) is 5.78 Å². The van der Waals surface area contributed by atoms with E-state index in [-0.39, 0.29) is 11.3 Å².